The minimum absolute atomic E-state index is 0.106. The molecule has 0 unspecified atom stereocenters. The van der Waals surface area contributed by atoms with Gasteiger partial charge in [0.05, 0.1) is 28.5 Å². The van der Waals surface area contributed by atoms with Crippen molar-refractivity contribution in [3.05, 3.63) is 90.4 Å². The summed E-state index contributed by atoms with van der Waals surface area (Å²) in [5.74, 6) is 0.193. The summed E-state index contributed by atoms with van der Waals surface area (Å²) in [6.07, 6.45) is 1.62. The number of nitrogens with zero attached hydrogens (tertiary/aromatic N) is 2. The maximum Gasteiger partial charge on any atom is 0.338 e. The molecule has 5 rings (SSSR count). The van der Waals surface area contributed by atoms with Crippen LogP contribution in [-0.4, -0.2) is 23.9 Å². The molecule has 9 heteroatoms. The average molecular weight is 466 g/mol. The molecule has 7 nitrogen and oxygen atoms in total. The van der Waals surface area contributed by atoms with Gasteiger partial charge in [-0.15, -0.1) is 0 Å². The van der Waals surface area contributed by atoms with Gasteiger partial charge in [0.25, 0.3) is 5.56 Å². The Morgan fingerprint density at radius 3 is 2.88 bits per heavy atom. The highest BCUT2D eigenvalue weighted by Gasteiger charge is 2.34. The summed E-state index contributed by atoms with van der Waals surface area (Å²) >= 11 is 1.18. The normalized spacial score (nSPS) is 17.1. The fourth-order valence-electron chi connectivity index (χ4n) is 3.94. The number of allylic oxidation sites excluding steroid dienone is 1. The van der Waals surface area contributed by atoms with Crippen LogP contribution in [0.4, 0.5) is 4.39 Å². The van der Waals surface area contributed by atoms with E-state index >= 15 is 0 Å². The summed E-state index contributed by atoms with van der Waals surface area (Å²) in [6, 6.07) is 10.5. The van der Waals surface area contributed by atoms with Crippen molar-refractivity contribution in [2.24, 2.45) is 4.99 Å². The van der Waals surface area contributed by atoms with Crippen LogP contribution in [-0.2, 0) is 9.53 Å². The molecule has 0 saturated carbocycles. The van der Waals surface area contributed by atoms with E-state index in [1.165, 1.54) is 28.0 Å². The van der Waals surface area contributed by atoms with Gasteiger partial charge in [0, 0.05) is 0 Å². The van der Waals surface area contributed by atoms with Gasteiger partial charge in [0.1, 0.15) is 5.82 Å². The molecule has 168 valence electrons. The van der Waals surface area contributed by atoms with Gasteiger partial charge < -0.3 is 14.2 Å². The number of ether oxygens (including phenoxy) is 3. The van der Waals surface area contributed by atoms with Crippen LogP contribution in [0, 0.1) is 5.82 Å². The minimum atomic E-state index is -0.760. The SMILES string of the molecule is CCOC(=O)C1=C(C)N=c2s/c(=C\c3cccc(F)c3)c(=O)n2[C@H]1c1ccc2c(c1)OCO2. The maximum atomic E-state index is 13.7. The Morgan fingerprint density at radius 2 is 2.09 bits per heavy atom. The van der Waals surface area contributed by atoms with Gasteiger partial charge in [-0.2, -0.15) is 0 Å². The third-order valence-corrected chi connectivity index (χ3v) is 6.36. The fourth-order valence-corrected chi connectivity index (χ4v) is 4.98. The first kappa shape index (κ1) is 21.1. The number of hydrogen-bond acceptors (Lipinski definition) is 7. The molecule has 2 aliphatic rings. The summed E-state index contributed by atoms with van der Waals surface area (Å²) in [4.78, 5) is 31.4. The maximum absolute atomic E-state index is 13.7. The van der Waals surface area contributed by atoms with Crippen molar-refractivity contribution in [2.45, 2.75) is 19.9 Å². The highest BCUT2D eigenvalue weighted by molar-refractivity contribution is 7.07. The summed E-state index contributed by atoms with van der Waals surface area (Å²) in [6.45, 7) is 3.73. The molecule has 0 spiro atoms. The molecule has 0 saturated heterocycles. The van der Waals surface area contributed by atoms with E-state index < -0.39 is 17.8 Å². The highest BCUT2D eigenvalue weighted by Crippen LogP contribution is 2.38. The lowest BCUT2D eigenvalue weighted by Gasteiger charge is -2.24. The van der Waals surface area contributed by atoms with Gasteiger partial charge in [-0.1, -0.05) is 29.5 Å². The number of rotatable bonds is 4. The number of carbonyl (C=O) groups is 1. The molecule has 0 aliphatic carbocycles. The van der Waals surface area contributed by atoms with Crippen molar-refractivity contribution in [3.8, 4) is 11.5 Å². The summed E-state index contributed by atoms with van der Waals surface area (Å²) < 4.78 is 31.7. The van der Waals surface area contributed by atoms with E-state index in [9.17, 15) is 14.0 Å². The van der Waals surface area contributed by atoms with Gasteiger partial charge >= 0.3 is 5.97 Å². The molecule has 3 heterocycles. The quantitative estimate of drug-likeness (QED) is 0.553. The molecule has 0 bridgehead atoms. The zero-order chi connectivity index (χ0) is 23.1. The third kappa shape index (κ3) is 3.74. The standard InChI is InChI=1S/C24H19FN2O5S/c1-3-30-23(29)20-13(2)26-24-27(21(20)15-7-8-17-18(11-15)32-12-31-17)22(28)19(33-24)10-14-5-4-6-16(25)9-14/h4-11,21H,3,12H2,1-2H3/b19-10-/t21-/m0/s1. The Bertz CT molecular complexity index is 1490. The molecule has 2 aliphatic heterocycles. The smallest absolute Gasteiger partial charge is 0.338 e. The number of carbonyl (C=O) groups excluding carboxylic acids is 1. The van der Waals surface area contributed by atoms with Gasteiger partial charge in [0.2, 0.25) is 6.79 Å². The Morgan fingerprint density at radius 1 is 1.27 bits per heavy atom. The summed E-state index contributed by atoms with van der Waals surface area (Å²) in [5.41, 5.74) is 1.63. The minimum Gasteiger partial charge on any atom is -0.463 e. The molecular weight excluding hydrogens is 447 g/mol. The summed E-state index contributed by atoms with van der Waals surface area (Å²) in [5, 5.41) is 0. The van der Waals surface area contributed by atoms with E-state index in [0.717, 1.165) is 0 Å². The van der Waals surface area contributed by atoms with Crippen LogP contribution in [0.3, 0.4) is 0 Å². The predicted molar refractivity (Wildman–Crippen MR) is 119 cm³/mol. The van der Waals surface area contributed by atoms with Crippen LogP contribution in [0.25, 0.3) is 6.08 Å². The fraction of sp³-hybridized carbons (Fsp3) is 0.208. The van der Waals surface area contributed by atoms with Gasteiger partial charge in [-0.3, -0.25) is 9.36 Å². The van der Waals surface area contributed by atoms with Crippen LogP contribution in [0.15, 0.2) is 63.5 Å². The number of aromatic nitrogens is 1. The molecule has 33 heavy (non-hydrogen) atoms. The molecule has 0 N–H and O–H groups in total. The number of thiazole rings is 1. The zero-order valence-corrected chi connectivity index (χ0v) is 18.6. The topological polar surface area (TPSA) is 79.1 Å². The van der Waals surface area contributed by atoms with Crippen molar-refractivity contribution in [1.82, 2.24) is 4.57 Å². The Kier molecular flexibility index (Phi) is 5.33. The number of esters is 1. The van der Waals surface area contributed by atoms with Crippen LogP contribution < -0.4 is 24.4 Å². The van der Waals surface area contributed by atoms with Crippen molar-refractivity contribution >= 4 is 23.4 Å². The second-order valence-electron chi connectivity index (χ2n) is 7.47. The van der Waals surface area contributed by atoms with E-state index in [4.69, 9.17) is 14.2 Å². The average Bonchev–Trinajstić information content (AvgIpc) is 3.37. The second kappa shape index (κ2) is 8.32. The molecule has 1 aromatic heterocycles. The molecule has 0 radical (unpaired) electrons. The lowest BCUT2D eigenvalue weighted by atomic mass is 9.95. The van der Waals surface area contributed by atoms with E-state index in [-0.39, 0.29) is 24.5 Å². The van der Waals surface area contributed by atoms with Crippen molar-refractivity contribution < 1.29 is 23.4 Å². The molecular formula is C24H19FN2O5S. The first-order valence-electron chi connectivity index (χ1n) is 10.3. The molecule has 3 aromatic rings. The van der Waals surface area contributed by atoms with Gasteiger partial charge in [0.15, 0.2) is 16.3 Å². The largest absolute Gasteiger partial charge is 0.463 e. The number of fused-ring (bicyclic) bond motifs is 2. The van der Waals surface area contributed by atoms with Crippen LogP contribution in [0.1, 0.15) is 31.0 Å². The number of benzene rings is 2. The Balaban J connectivity index is 1.73. The second-order valence-corrected chi connectivity index (χ2v) is 8.48. The third-order valence-electron chi connectivity index (χ3n) is 5.38. The molecule has 1 atom stereocenters. The molecule has 2 aromatic carbocycles. The number of hydrogen-bond donors (Lipinski definition) is 0. The molecule has 0 fully saturated rings. The zero-order valence-electron chi connectivity index (χ0n) is 17.8. The van der Waals surface area contributed by atoms with E-state index in [1.807, 2.05) is 0 Å². The monoisotopic (exact) mass is 466 g/mol. The Labute approximate surface area is 191 Å². The predicted octanol–water partition coefficient (Wildman–Crippen LogP) is 2.67. The molecule has 0 amide bonds. The Hall–Kier alpha value is -3.72. The summed E-state index contributed by atoms with van der Waals surface area (Å²) in [7, 11) is 0. The van der Waals surface area contributed by atoms with Crippen LogP contribution in [0.5, 0.6) is 11.5 Å². The van der Waals surface area contributed by atoms with E-state index in [2.05, 4.69) is 4.99 Å². The van der Waals surface area contributed by atoms with Crippen molar-refractivity contribution in [3.63, 3.8) is 0 Å². The number of halogens is 1. The van der Waals surface area contributed by atoms with Gasteiger partial charge in [-0.05, 0) is 55.3 Å². The van der Waals surface area contributed by atoms with Gasteiger partial charge in [-0.25, -0.2) is 14.2 Å². The van der Waals surface area contributed by atoms with Crippen molar-refractivity contribution in [2.75, 3.05) is 13.4 Å². The van der Waals surface area contributed by atoms with Crippen molar-refractivity contribution in [1.29, 1.82) is 0 Å². The van der Waals surface area contributed by atoms with Crippen LogP contribution >= 0.6 is 11.3 Å². The van der Waals surface area contributed by atoms with E-state index in [1.54, 1.807) is 50.3 Å². The highest BCUT2D eigenvalue weighted by atomic mass is 32.1. The van der Waals surface area contributed by atoms with Crippen LogP contribution in [0.2, 0.25) is 0 Å². The lowest BCUT2D eigenvalue weighted by Crippen LogP contribution is -2.39. The van der Waals surface area contributed by atoms with E-state index in [0.29, 0.717) is 37.7 Å². The first-order chi connectivity index (χ1) is 16.0. The lowest BCUT2D eigenvalue weighted by molar-refractivity contribution is -0.139. The first-order valence-corrected chi connectivity index (χ1v) is 11.1.